The van der Waals surface area contributed by atoms with E-state index >= 15 is 0 Å². The largest absolute Gasteiger partial charge is 0.485 e. The number of aromatic nitrogens is 4. The summed E-state index contributed by atoms with van der Waals surface area (Å²) in [5.41, 5.74) is 1.54. The van der Waals surface area contributed by atoms with Crippen molar-refractivity contribution >= 4 is 29.1 Å². The first-order valence-electron chi connectivity index (χ1n) is 7.21. The number of hydrogen-bond donors (Lipinski definition) is 2. The third-order valence-electron chi connectivity index (χ3n) is 3.24. The molecule has 0 saturated carbocycles. The number of Topliss-reactive ketones (excluding diaryl/α,β-unsaturated/α-hetero) is 1. The predicted molar refractivity (Wildman–Crippen MR) is 92.8 cm³/mol. The van der Waals surface area contributed by atoms with Gasteiger partial charge in [0, 0.05) is 11.2 Å². The number of carbonyl (C=O) groups is 1. The lowest BCUT2D eigenvalue weighted by Crippen LogP contribution is -2.02. The fraction of sp³-hybridized carbons (Fsp3) is 0.188. The SMILES string of the molecule is Cc1cc(Cl)ccc1OCc1nc(SCC(=O)c2ccc[nH]2)n[nH]1. The summed E-state index contributed by atoms with van der Waals surface area (Å²) in [7, 11) is 0. The van der Waals surface area contributed by atoms with Crippen LogP contribution in [0.1, 0.15) is 21.9 Å². The molecule has 0 aliphatic heterocycles. The lowest BCUT2D eigenvalue weighted by Gasteiger charge is -2.07. The van der Waals surface area contributed by atoms with Crippen LogP contribution in [-0.4, -0.2) is 31.7 Å². The van der Waals surface area contributed by atoms with E-state index in [1.807, 2.05) is 19.1 Å². The molecule has 3 rings (SSSR count). The summed E-state index contributed by atoms with van der Waals surface area (Å²) in [6.07, 6.45) is 1.72. The van der Waals surface area contributed by atoms with Gasteiger partial charge in [0.1, 0.15) is 12.4 Å². The molecular formula is C16H15ClN4O2S. The van der Waals surface area contributed by atoms with Crippen LogP contribution in [0.3, 0.4) is 0 Å². The first-order valence-corrected chi connectivity index (χ1v) is 8.58. The number of carbonyl (C=O) groups excluding carboxylic acids is 1. The van der Waals surface area contributed by atoms with Crippen LogP contribution in [0.5, 0.6) is 5.75 Å². The number of hydrogen-bond acceptors (Lipinski definition) is 5. The zero-order chi connectivity index (χ0) is 16.9. The second-order valence-corrected chi connectivity index (χ2v) is 6.44. The van der Waals surface area contributed by atoms with Gasteiger partial charge in [-0.2, -0.15) is 0 Å². The molecule has 24 heavy (non-hydrogen) atoms. The maximum Gasteiger partial charge on any atom is 0.208 e. The average Bonchev–Trinajstić information content (AvgIpc) is 3.24. The first kappa shape index (κ1) is 16.6. The Kier molecular flexibility index (Phi) is 5.22. The lowest BCUT2D eigenvalue weighted by atomic mass is 10.2. The smallest absolute Gasteiger partial charge is 0.208 e. The highest BCUT2D eigenvalue weighted by Gasteiger charge is 2.11. The molecule has 0 amide bonds. The van der Waals surface area contributed by atoms with Gasteiger partial charge in [-0.3, -0.25) is 9.89 Å². The van der Waals surface area contributed by atoms with Crippen LogP contribution in [0.2, 0.25) is 5.02 Å². The summed E-state index contributed by atoms with van der Waals surface area (Å²) in [4.78, 5) is 19.1. The monoisotopic (exact) mass is 362 g/mol. The molecule has 0 unspecified atom stereocenters. The number of nitrogens with zero attached hydrogens (tertiary/aromatic N) is 2. The molecule has 0 bridgehead atoms. The van der Waals surface area contributed by atoms with Gasteiger partial charge in [0.25, 0.3) is 0 Å². The third kappa shape index (κ3) is 4.18. The Morgan fingerprint density at radius 2 is 2.25 bits per heavy atom. The van der Waals surface area contributed by atoms with Crippen molar-refractivity contribution in [1.29, 1.82) is 0 Å². The van der Waals surface area contributed by atoms with Crippen LogP contribution in [0.4, 0.5) is 0 Å². The van der Waals surface area contributed by atoms with E-state index in [1.165, 1.54) is 11.8 Å². The summed E-state index contributed by atoms with van der Waals surface area (Å²) in [5.74, 6) is 1.62. The van der Waals surface area contributed by atoms with Gasteiger partial charge in [-0.1, -0.05) is 23.4 Å². The maximum absolute atomic E-state index is 11.9. The molecule has 0 spiro atoms. The maximum atomic E-state index is 11.9. The number of aromatic amines is 2. The number of nitrogens with one attached hydrogen (secondary N) is 2. The fourth-order valence-electron chi connectivity index (χ4n) is 2.04. The molecule has 0 fully saturated rings. The van der Waals surface area contributed by atoms with E-state index in [1.54, 1.807) is 24.4 Å². The molecular weight excluding hydrogens is 348 g/mol. The standard InChI is InChI=1S/C16H15ClN4O2S/c1-10-7-11(17)4-5-14(10)23-8-15-19-16(21-20-15)24-9-13(22)12-3-2-6-18-12/h2-7,18H,8-9H2,1H3,(H,19,20,21). The van der Waals surface area contributed by atoms with E-state index in [9.17, 15) is 4.79 Å². The van der Waals surface area contributed by atoms with Gasteiger partial charge in [-0.05, 0) is 42.8 Å². The molecule has 3 aromatic rings. The van der Waals surface area contributed by atoms with Crippen molar-refractivity contribution in [1.82, 2.24) is 20.2 Å². The van der Waals surface area contributed by atoms with Crippen molar-refractivity contribution in [2.45, 2.75) is 18.7 Å². The van der Waals surface area contributed by atoms with Gasteiger partial charge in [0.05, 0.1) is 11.4 Å². The summed E-state index contributed by atoms with van der Waals surface area (Å²) < 4.78 is 5.70. The van der Waals surface area contributed by atoms with Gasteiger partial charge in [0.2, 0.25) is 5.16 Å². The van der Waals surface area contributed by atoms with Gasteiger partial charge in [0.15, 0.2) is 11.6 Å². The molecule has 2 heterocycles. The third-order valence-corrected chi connectivity index (χ3v) is 4.33. The van der Waals surface area contributed by atoms with Crippen molar-refractivity contribution < 1.29 is 9.53 Å². The molecule has 2 N–H and O–H groups in total. The van der Waals surface area contributed by atoms with Crippen LogP contribution < -0.4 is 4.74 Å². The second kappa shape index (κ2) is 7.55. The number of ketones is 1. The van der Waals surface area contributed by atoms with Crippen molar-refractivity contribution in [3.05, 3.63) is 58.6 Å². The molecule has 0 aliphatic carbocycles. The van der Waals surface area contributed by atoms with Crippen molar-refractivity contribution in [3.63, 3.8) is 0 Å². The molecule has 0 radical (unpaired) electrons. The number of rotatable bonds is 7. The Balaban J connectivity index is 1.53. The van der Waals surface area contributed by atoms with Gasteiger partial charge < -0.3 is 9.72 Å². The fourth-order valence-corrected chi connectivity index (χ4v) is 2.97. The van der Waals surface area contributed by atoms with E-state index in [4.69, 9.17) is 16.3 Å². The van der Waals surface area contributed by atoms with Crippen molar-refractivity contribution in [3.8, 4) is 5.75 Å². The summed E-state index contributed by atoms with van der Waals surface area (Å²) in [6.45, 7) is 2.19. The molecule has 0 atom stereocenters. The Morgan fingerprint density at radius 3 is 3.00 bits per heavy atom. The van der Waals surface area contributed by atoms with Crippen LogP contribution >= 0.6 is 23.4 Å². The second-order valence-electron chi connectivity index (χ2n) is 5.06. The first-order chi connectivity index (χ1) is 11.6. The van der Waals surface area contributed by atoms with Crippen LogP contribution in [0.25, 0.3) is 0 Å². The van der Waals surface area contributed by atoms with E-state index in [0.29, 0.717) is 21.7 Å². The Labute approximate surface area is 148 Å². The van der Waals surface area contributed by atoms with Gasteiger partial charge in [-0.15, -0.1) is 5.10 Å². The minimum Gasteiger partial charge on any atom is -0.485 e. The Bertz CT molecular complexity index is 832. The zero-order valence-corrected chi connectivity index (χ0v) is 14.4. The molecule has 1 aromatic carbocycles. The number of benzene rings is 1. The lowest BCUT2D eigenvalue weighted by molar-refractivity contribution is 0.101. The summed E-state index contributed by atoms with van der Waals surface area (Å²) in [6, 6.07) is 8.97. The van der Waals surface area contributed by atoms with E-state index in [2.05, 4.69) is 20.2 Å². The highest BCUT2D eigenvalue weighted by atomic mass is 35.5. The Morgan fingerprint density at radius 1 is 1.38 bits per heavy atom. The number of H-pyrrole nitrogens is 2. The number of aryl methyl sites for hydroxylation is 1. The molecule has 6 nitrogen and oxygen atoms in total. The normalized spacial score (nSPS) is 10.8. The minimum atomic E-state index is 0.00406. The van der Waals surface area contributed by atoms with Gasteiger partial charge in [-0.25, -0.2) is 4.98 Å². The van der Waals surface area contributed by atoms with E-state index in [0.717, 1.165) is 11.3 Å². The topological polar surface area (TPSA) is 83.7 Å². The summed E-state index contributed by atoms with van der Waals surface area (Å²) in [5, 5.41) is 8.08. The van der Waals surface area contributed by atoms with Gasteiger partial charge >= 0.3 is 0 Å². The Hall–Kier alpha value is -2.25. The quantitative estimate of drug-likeness (QED) is 0.495. The van der Waals surface area contributed by atoms with Crippen LogP contribution in [-0.2, 0) is 6.61 Å². The average molecular weight is 363 g/mol. The highest BCUT2D eigenvalue weighted by Crippen LogP contribution is 2.22. The zero-order valence-electron chi connectivity index (χ0n) is 12.9. The predicted octanol–water partition coefficient (Wildman–Crippen LogP) is 3.65. The van der Waals surface area contributed by atoms with Crippen molar-refractivity contribution in [2.75, 3.05) is 5.75 Å². The van der Waals surface area contributed by atoms with E-state index < -0.39 is 0 Å². The summed E-state index contributed by atoms with van der Waals surface area (Å²) >= 11 is 7.20. The van der Waals surface area contributed by atoms with E-state index in [-0.39, 0.29) is 18.1 Å². The highest BCUT2D eigenvalue weighted by molar-refractivity contribution is 7.99. The number of thioether (sulfide) groups is 1. The molecule has 0 saturated heterocycles. The van der Waals surface area contributed by atoms with Crippen LogP contribution in [0.15, 0.2) is 41.7 Å². The number of halogens is 1. The molecule has 8 heteroatoms. The molecule has 0 aliphatic rings. The minimum absolute atomic E-state index is 0.00406. The molecule has 124 valence electrons. The van der Waals surface area contributed by atoms with Crippen LogP contribution in [0, 0.1) is 6.92 Å². The van der Waals surface area contributed by atoms with Crippen molar-refractivity contribution in [2.24, 2.45) is 0 Å². The number of ether oxygens (including phenoxy) is 1. The molecule has 2 aromatic heterocycles.